The third kappa shape index (κ3) is 6.30. The maximum Gasteiger partial charge on any atom is 0.271 e. The zero-order valence-electron chi connectivity index (χ0n) is 19.6. The summed E-state index contributed by atoms with van der Waals surface area (Å²) in [5, 5.41) is 1.70. The van der Waals surface area contributed by atoms with Crippen LogP contribution in [-0.2, 0) is 11.4 Å². The summed E-state index contributed by atoms with van der Waals surface area (Å²) < 4.78 is 19.7. The van der Waals surface area contributed by atoms with Gasteiger partial charge in [-0.3, -0.25) is 9.69 Å². The van der Waals surface area contributed by atoms with Gasteiger partial charge in [0.25, 0.3) is 5.91 Å². The van der Waals surface area contributed by atoms with Crippen molar-refractivity contribution in [1.82, 2.24) is 0 Å². The standard InChI is InChI=1S/C29H18BrCl2FN2O2S/c30-25-15-19(3-14-26(25)37-17-18-1-8-22(33)9-2-18)16-27-28(36)35(24-12-6-21(32)7-13-24)29(38-27)34-23-10-4-20(31)5-11-23/h1-16H,17H2/b27-16-,34-29?. The van der Waals surface area contributed by atoms with Crippen LogP contribution in [0.5, 0.6) is 5.75 Å². The molecule has 1 aliphatic rings. The van der Waals surface area contributed by atoms with Crippen molar-refractivity contribution in [3.05, 3.63) is 127 Å². The van der Waals surface area contributed by atoms with E-state index in [9.17, 15) is 9.18 Å². The molecule has 4 aromatic carbocycles. The normalized spacial score (nSPS) is 15.5. The molecule has 0 aromatic heterocycles. The third-order valence-electron chi connectivity index (χ3n) is 5.50. The molecule has 38 heavy (non-hydrogen) atoms. The summed E-state index contributed by atoms with van der Waals surface area (Å²) in [5.41, 5.74) is 3.00. The minimum Gasteiger partial charge on any atom is -0.488 e. The van der Waals surface area contributed by atoms with Crippen molar-refractivity contribution in [1.29, 1.82) is 0 Å². The van der Waals surface area contributed by atoms with Gasteiger partial charge in [0.15, 0.2) is 5.17 Å². The van der Waals surface area contributed by atoms with Gasteiger partial charge < -0.3 is 4.74 Å². The molecule has 0 bridgehead atoms. The average molecular weight is 628 g/mol. The predicted molar refractivity (Wildman–Crippen MR) is 158 cm³/mol. The summed E-state index contributed by atoms with van der Waals surface area (Å²) >= 11 is 16.9. The van der Waals surface area contributed by atoms with Crippen LogP contribution in [0.1, 0.15) is 11.1 Å². The largest absolute Gasteiger partial charge is 0.488 e. The highest BCUT2D eigenvalue weighted by atomic mass is 79.9. The summed E-state index contributed by atoms with van der Waals surface area (Å²) in [5.74, 6) is 0.148. The molecule has 9 heteroatoms. The van der Waals surface area contributed by atoms with E-state index < -0.39 is 0 Å². The second kappa shape index (κ2) is 11.7. The van der Waals surface area contributed by atoms with Crippen molar-refractivity contribution in [2.24, 2.45) is 4.99 Å². The number of anilines is 1. The van der Waals surface area contributed by atoms with Gasteiger partial charge in [-0.1, -0.05) is 41.4 Å². The lowest BCUT2D eigenvalue weighted by Crippen LogP contribution is -2.28. The van der Waals surface area contributed by atoms with Gasteiger partial charge in [-0.05, 0) is 118 Å². The van der Waals surface area contributed by atoms with Gasteiger partial charge in [-0.2, -0.15) is 0 Å². The van der Waals surface area contributed by atoms with Gasteiger partial charge in [-0.15, -0.1) is 0 Å². The Balaban J connectivity index is 1.41. The van der Waals surface area contributed by atoms with Crippen molar-refractivity contribution in [3.63, 3.8) is 0 Å². The molecule has 4 aromatic rings. The van der Waals surface area contributed by atoms with Crippen molar-refractivity contribution in [3.8, 4) is 5.75 Å². The number of nitrogens with zero attached hydrogens (tertiary/aromatic N) is 2. The number of ether oxygens (including phenoxy) is 1. The molecular formula is C29H18BrCl2FN2O2S. The molecule has 5 rings (SSSR count). The molecule has 1 heterocycles. The zero-order chi connectivity index (χ0) is 26.6. The van der Waals surface area contributed by atoms with E-state index in [1.807, 2.05) is 24.3 Å². The van der Waals surface area contributed by atoms with Gasteiger partial charge in [-0.25, -0.2) is 9.38 Å². The lowest BCUT2D eigenvalue weighted by Gasteiger charge is -2.15. The second-order valence-electron chi connectivity index (χ2n) is 8.20. The Kier molecular flexibility index (Phi) is 8.19. The molecule has 0 saturated carbocycles. The van der Waals surface area contributed by atoms with E-state index in [-0.39, 0.29) is 11.7 Å². The fourth-order valence-electron chi connectivity index (χ4n) is 3.61. The van der Waals surface area contributed by atoms with Gasteiger partial charge >= 0.3 is 0 Å². The Morgan fingerprint density at radius 3 is 2.24 bits per heavy atom. The molecule has 0 atom stereocenters. The van der Waals surface area contributed by atoms with Gasteiger partial charge in [0, 0.05) is 10.0 Å². The maximum atomic E-state index is 13.5. The van der Waals surface area contributed by atoms with E-state index in [4.69, 9.17) is 32.9 Å². The first-order chi connectivity index (χ1) is 18.4. The molecule has 0 unspecified atom stereocenters. The molecule has 1 amide bonds. The van der Waals surface area contributed by atoms with Crippen LogP contribution in [0.25, 0.3) is 6.08 Å². The predicted octanol–water partition coefficient (Wildman–Crippen LogP) is 9.28. The van der Waals surface area contributed by atoms with Crippen LogP contribution >= 0.6 is 50.9 Å². The van der Waals surface area contributed by atoms with Crippen molar-refractivity contribution >= 4 is 79.4 Å². The van der Waals surface area contributed by atoms with E-state index in [2.05, 4.69) is 15.9 Å². The van der Waals surface area contributed by atoms with Crippen molar-refractivity contribution in [2.45, 2.75) is 6.61 Å². The molecule has 1 fully saturated rings. The number of amidine groups is 1. The first kappa shape index (κ1) is 26.5. The number of amides is 1. The molecule has 0 aliphatic carbocycles. The Morgan fingerprint density at radius 1 is 0.921 bits per heavy atom. The van der Waals surface area contributed by atoms with Crippen LogP contribution in [-0.4, -0.2) is 11.1 Å². The van der Waals surface area contributed by atoms with E-state index in [0.717, 1.165) is 15.6 Å². The number of aliphatic imine (C=N–C) groups is 1. The Morgan fingerprint density at radius 2 is 1.58 bits per heavy atom. The first-order valence-electron chi connectivity index (χ1n) is 11.4. The topological polar surface area (TPSA) is 41.9 Å². The number of hydrogen-bond acceptors (Lipinski definition) is 4. The number of carbonyl (C=O) groups excluding carboxylic acids is 1. The molecule has 1 aliphatic heterocycles. The summed E-state index contributed by atoms with van der Waals surface area (Å²) in [6.45, 7) is 0.300. The number of halogens is 4. The van der Waals surface area contributed by atoms with Crippen LogP contribution in [0, 0.1) is 5.82 Å². The molecule has 1 saturated heterocycles. The monoisotopic (exact) mass is 626 g/mol. The van der Waals surface area contributed by atoms with Crippen molar-refractivity contribution in [2.75, 3.05) is 4.90 Å². The second-order valence-corrected chi connectivity index (χ2v) is 10.9. The molecule has 0 spiro atoms. The third-order valence-corrected chi connectivity index (χ3v) is 7.60. The van der Waals surface area contributed by atoms with E-state index in [1.165, 1.54) is 23.9 Å². The summed E-state index contributed by atoms with van der Waals surface area (Å²) in [6.07, 6.45) is 1.81. The van der Waals surface area contributed by atoms with Crippen LogP contribution < -0.4 is 9.64 Å². The Bertz CT molecular complexity index is 1540. The summed E-state index contributed by atoms with van der Waals surface area (Å²) in [4.78, 5) is 20.3. The number of thioether (sulfide) groups is 1. The fraction of sp³-hybridized carbons (Fsp3) is 0.0345. The number of rotatable bonds is 6. The van der Waals surface area contributed by atoms with E-state index >= 15 is 0 Å². The van der Waals surface area contributed by atoms with E-state index in [1.54, 1.807) is 65.6 Å². The number of hydrogen-bond donors (Lipinski definition) is 0. The Labute approximate surface area is 241 Å². The van der Waals surface area contributed by atoms with Gasteiger partial charge in [0.2, 0.25) is 0 Å². The molecular weight excluding hydrogens is 610 g/mol. The number of carbonyl (C=O) groups is 1. The number of benzene rings is 4. The smallest absolute Gasteiger partial charge is 0.271 e. The van der Waals surface area contributed by atoms with Gasteiger partial charge in [0.1, 0.15) is 18.2 Å². The molecule has 0 radical (unpaired) electrons. The van der Waals surface area contributed by atoms with Crippen LogP contribution in [0.4, 0.5) is 15.8 Å². The lowest BCUT2D eigenvalue weighted by molar-refractivity contribution is -0.113. The van der Waals surface area contributed by atoms with Crippen molar-refractivity contribution < 1.29 is 13.9 Å². The molecule has 4 nitrogen and oxygen atoms in total. The highest BCUT2D eigenvalue weighted by Crippen LogP contribution is 2.38. The zero-order valence-corrected chi connectivity index (χ0v) is 23.5. The van der Waals surface area contributed by atoms with Crippen LogP contribution in [0.3, 0.4) is 0 Å². The SMILES string of the molecule is O=C1/C(=C/c2ccc(OCc3ccc(F)cc3)c(Br)c2)SC(=Nc2ccc(Cl)cc2)N1c1ccc(Cl)cc1. The van der Waals surface area contributed by atoms with Crippen LogP contribution in [0.15, 0.2) is 105 Å². The van der Waals surface area contributed by atoms with Crippen LogP contribution in [0.2, 0.25) is 10.0 Å². The maximum absolute atomic E-state index is 13.5. The van der Waals surface area contributed by atoms with E-state index in [0.29, 0.717) is 43.8 Å². The minimum atomic E-state index is -0.289. The fourth-order valence-corrected chi connectivity index (χ4v) is 5.37. The lowest BCUT2D eigenvalue weighted by atomic mass is 10.2. The molecule has 0 N–H and O–H groups in total. The highest BCUT2D eigenvalue weighted by molar-refractivity contribution is 9.10. The molecule has 190 valence electrons. The average Bonchev–Trinajstić information content (AvgIpc) is 3.20. The summed E-state index contributed by atoms with van der Waals surface area (Å²) in [6, 6.07) is 25.9. The highest BCUT2D eigenvalue weighted by Gasteiger charge is 2.34. The first-order valence-corrected chi connectivity index (χ1v) is 13.7. The van der Waals surface area contributed by atoms with Gasteiger partial charge in [0.05, 0.1) is 20.8 Å². The quantitative estimate of drug-likeness (QED) is 0.200. The minimum absolute atomic E-state index is 0.196. The summed E-state index contributed by atoms with van der Waals surface area (Å²) in [7, 11) is 0. The Hall–Kier alpha value is -3.10.